The zero-order chi connectivity index (χ0) is 9.42. The van der Waals surface area contributed by atoms with E-state index in [4.69, 9.17) is 5.26 Å². The third-order valence-corrected chi connectivity index (χ3v) is 3.17. The largest absolute Gasteiger partial charge is 0.505 e. The fourth-order valence-electron chi connectivity index (χ4n) is 1.13. The predicted molar refractivity (Wildman–Crippen MR) is 55.5 cm³/mol. The van der Waals surface area contributed by atoms with Gasteiger partial charge in [0.1, 0.15) is 16.7 Å². The van der Waals surface area contributed by atoms with Crippen molar-refractivity contribution < 1.29 is 5.11 Å². The van der Waals surface area contributed by atoms with Crippen LogP contribution >= 0.6 is 24.0 Å². The quantitative estimate of drug-likeness (QED) is 0.652. The van der Waals surface area contributed by atoms with Gasteiger partial charge >= 0.3 is 0 Å². The van der Waals surface area contributed by atoms with E-state index in [0.29, 0.717) is 9.77 Å². The van der Waals surface area contributed by atoms with Gasteiger partial charge < -0.3 is 5.11 Å². The number of nitrogens with zero attached hydrogens (tertiary/aromatic N) is 1. The molecule has 13 heavy (non-hydrogen) atoms. The molecule has 1 heterocycles. The van der Waals surface area contributed by atoms with Gasteiger partial charge in [-0.3, -0.25) is 0 Å². The maximum Gasteiger partial charge on any atom is 0.146 e. The molecular formula is C9H5NOS2. The number of aromatic hydroxyl groups is 1. The number of phenols is 1. The zero-order valence-electron chi connectivity index (χ0n) is 6.48. The normalized spacial score (nSPS) is 10.2. The molecule has 1 aromatic heterocycles. The summed E-state index contributed by atoms with van der Waals surface area (Å²) in [7, 11) is 0. The summed E-state index contributed by atoms with van der Waals surface area (Å²) in [6.07, 6.45) is 0. The Labute approximate surface area is 84.5 Å². The molecule has 1 N–H and O–H groups in total. The van der Waals surface area contributed by atoms with Crippen molar-refractivity contribution in [3.8, 4) is 11.8 Å². The second-order valence-corrected chi connectivity index (χ2v) is 4.11. The van der Waals surface area contributed by atoms with Gasteiger partial charge in [-0.2, -0.15) is 5.26 Å². The first kappa shape index (κ1) is 8.42. The van der Waals surface area contributed by atoms with Crippen LogP contribution in [0, 0.1) is 11.3 Å². The first-order chi connectivity index (χ1) is 6.22. The van der Waals surface area contributed by atoms with Crippen molar-refractivity contribution in [1.82, 2.24) is 0 Å². The number of hydrogen-bond donors (Lipinski definition) is 2. The first-order valence-corrected chi connectivity index (χ1v) is 4.83. The monoisotopic (exact) mass is 207 g/mol. The smallest absolute Gasteiger partial charge is 0.146 e. The van der Waals surface area contributed by atoms with E-state index >= 15 is 0 Å². The van der Waals surface area contributed by atoms with Gasteiger partial charge in [0, 0.05) is 4.90 Å². The topological polar surface area (TPSA) is 44.0 Å². The molecule has 64 valence electrons. The SMILES string of the molecule is N#Cc1cc2ccc(S)c(O)c2s1. The van der Waals surface area contributed by atoms with Crippen LogP contribution in [0.15, 0.2) is 23.1 Å². The average molecular weight is 207 g/mol. The molecule has 0 aliphatic carbocycles. The molecule has 0 radical (unpaired) electrons. The Balaban J connectivity index is 2.86. The van der Waals surface area contributed by atoms with Crippen LogP contribution in [0.2, 0.25) is 0 Å². The van der Waals surface area contributed by atoms with Crippen molar-refractivity contribution in [2.24, 2.45) is 0 Å². The molecule has 0 saturated carbocycles. The van der Waals surface area contributed by atoms with Crippen LogP contribution in [-0.2, 0) is 0 Å². The van der Waals surface area contributed by atoms with Crippen molar-refractivity contribution in [3.63, 3.8) is 0 Å². The third-order valence-electron chi connectivity index (χ3n) is 1.75. The molecule has 0 bridgehead atoms. The lowest BCUT2D eigenvalue weighted by atomic mass is 10.2. The Hall–Kier alpha value is -1.18. The van der Waals surface area contributed by atoms with Gasteiger partial charge in [-0.15, -0.1) is 24.0 Å². The molecule has 4 heteroatoms. The van der Waals surface area contributed by atoms with Crippen LogP contribution in [0.4, 0.5) is 0 Å². The van der Waals surface area contributed by atoms with Gasteiger partial charge in [-0.1, -0.05) is 6.07 Å². The molecule has 0 saturated heterocycles. The molecule has 0 spiro atoms. The molecule has 0 amide bonds. The highest BCUT2D eigenvalue weighted by Crippen LogP contribution is 2.36. The molecule has 0 atom stereocenters. The summed E-state index contributed by atoms with van der Waals surface area (Å²) in [5.41, 5.74) is 0. The molecule has 2 aromatic rings. The highest BCUT2D eigenvalue weighted by molar-refractivity contribution is 7.80. The minimum Gasteiger partial charge on any atom is -0.505 e. The van der Waals surface area contributed by atoms with Crippen LogP contribution in [0.1, 0.15) is 4.88 Å². The number of thiol groups is 1. The Morgan fingerprint density at radius 3 is 2.92 bits per heavy atom. The van der Waals surface area contributed by atoms with E-state index in [1.165, 1.54) is 11.3 Å². The Bertz CT molecular complexity index is 510. The second-order valence-electron chi connectivity index (χ2n) is 2.57. The van der Waals surface area contributed by atoms with Crippen molar-refractivity contribution >= 4 is 34.1 Å². The highest BCUT2D eigenvalue weighted by Gasteiger charge is 2.07. The minimum atomic E-state index is 0.160. The van der Waals surface area contributed by atoms with E-state index in [0.717, 1.165) is 10.1 Å². The van der Waals surface area contributed by atoms with E-state index < -0.39 is 0 Å². The number of fused-ring (bicyclic) bond motifs is 1. The van der Waals surface area contributed by atoms with Crippen molar-refractivity contribution in [2.75, 3.05) is 0 Å². The first-order valence-electron chi connectivity index (χ1n) is 3.57. The summed E-state index contributed by atoms with van der Waals surface area (Å²) in [4.78, 5) is 1.14. The Kier molecular flexibility index (Phi) is 1.91. The van der Waals surface area contributed by atoms with E-state index in [1.807, 2.05) is 12.1 Å². The van der Waals surface area contributed by atoms with Crippen LogP contribution in [0.3, 0.4) is 0 Å². The summed E-state index contributed by atoms with van der Waals surface area (Å²) in [6, 6.07) is 7.36. The van der Waals surface area contributed by atoms with Gasteiger partial charge in [-0.05, 0) is 17.5 Å². The van der Waals surface area contributed by atoms with Gasteiger partial charge in [0.15, 0.2) is 0 Å². The number of thiophene rings is 1. The van der Waals surface area contributed by atoms with Crippen molar-refractivity contribution in [1.29, 1.82) is 5.26 Å². The lowest BCUT2D eigenvalue weighted by Crippen LogP contribution is -1.68. The van der Waals surface area contributed by atoms with Gasteiger partial charge in [0.2, 0.25) is 0 Å². The highest BCUT2D eigenvalue weighted by atomic mass is 32.1. The molecular weight excluding hydrogens is 202 g/mol. The van der Waals surface area contributed by atoms with Crippen molar-refractivity contribution in [2.45, 2.75) is 4.90 Å². The zero-order valence-corrected chi connectivity index (χ0v) is 8.19. The second kappa shape index (κ2) is 2.95. The third kappa shape index (κ3) is 1.26. The molecule has 2 nitrogen and oxygen atoms in total. The van der Waals surface area contributed by atoms with E-state index in [-0.39, 0.29) is 5.75 Å². The number of nitriles is 1. The van der Waals surface area contributed by atoms with Crippen LogP contribution in [0.25, 0.3) is 10.1 Å². The van der Waals surface area contributed by atoms with E-state index in [9.17, 15) is 5.11 Å². The van der Waals surface area contributed by atoms with Gasteiger partial charge in [0.25, 0.3) is 0 Å². The van der Waals surface area contributed by atoms with E-state index in [1.54, 1.807) is 12.1 Å². The lowest BCUT2D eigenvalue weighted by Gasteiger charge is -1.96. The lowest BCUT2D eigenvalue weighted by molar-refractivity contribution is 0.470. The Morgan fingerprint density at radius 1 is 1.46 bits per heavy atom. The summed E-state index contributed by atoms with van der Waals surface area (Å²) in [5, 5.41) is 19.1. The maximum absolute atomic E-state index is 9.59. The molecule has 0 fully saturated rings. The fraction of sp³-hybridized carbons (Fsp3) is 0. The average Bonchev–Trinajstić information content (AvgIpc) is 2.55. The van der Waals surface area contributed by atoms with Gasteiger partial charge in [0.05, 0.1) is 4.70 Å². The maximum atomic E-state index is 9.59. The predicted octanol–water partition coefficient (Wildman–Crippen LogP) is 2.77. The summed E-state index contributed by atoms with van der Waals surface area (Å²) < 4.78 is 0.726. The number of phenolic OH excluding ortho intramolecular Hbond substituents is 1. The summed E-state index contributed by atoms with van der Waals surface area (Å²) >= 11 is 5.36. The Morgan fingerprint density at radius 2 is 2.23 bits per heavy atom. The molecule has 1 aromatic carbocycles. The number of rotatable bonds is 0. The summed E-state index contributed by atoms with van der Waals surface area (Å²) in [5.74, 6) is 0.160. The number of hydrogen-bond acceptors (Lipinski definition) is 4. The van der Waals surface area contributed by atoms with Crippen molar-refractivity contribution in [3.05, 3.63) is 23.1 Å². The molecule has 0 aliphatic rings. The molecule has 0 unspecified atom stereocenters. The number of benzene rings is 1. The van der Waals surface area contributed by atoms with Crippen LogP contribution < -0.4 is 0 Å². The van der Waals surface area contributed by atoms with Gasteiger partial charge in [-0.25, -0.2) is 0 Å². The fourth-order valence-corrected chi connectivity index (χ4v) is 2.30. The van der Waals surface area contributed by atoms with Crippen LogP contribution in [-0.4, -0.2) is 5.11 Å². The van der Waals surface area contributed by atoms with Crippen LogP contribution in [0.5, 0.6) is 5.75 Å². The minimum absolute atomic E-state index is 0.160. The molecule has 2 rings (SSSR count). The van der Waals surface area contributed by atoms with E-state index in [2.05, 4.69) is 12.6 Å². The standard InChI is InChI=1S/C9H5NOS2/c10-4-6-3-5-1-2-7(12)8(11)9(5)13-6/h1-3,11-12H. The molecule has 0 aliphatic heterocycles. The summed E-state index contributed by atoms with van der Waals surface area (Å²) in [6.45, 7) is 0.